The second kappa shape index (κ2) is 6.02. The highest BCUT2D eigenvalue weighted by atomic mass is 32.1. The number of amides is 1. The Kier molecular flexibility index (Phi) is 3.84. The van der Waals surface area contributed by atoms with Crippen LogP contribution in [-0.2, 0) is 0 Å². The molecule has 124 valence electrons. The summed E-state index contributed by atoms with van der Waals surface area (Å²) in [6, 6.07) is 7.82. The van der Waals surface area contributed by atoms with E-state index in [9.17, 15) is 4.79 Å². The van der Waals surface area contributed by atoms with Crippen molar-refractivity contribution in [2.24, 2.45) is 0 Å². The lowest BCUT2D eigenvalue weighted by Gasteiger charge is -2.22. The van der Waals surface area contributed by atoms with Crippen molar-refractivity contribution >= 4 is 27.3 Å². The van der Waals surface area contributed by atoms with Gasteiger partial charge in [-0.15, -0.1) is 11.3 Å². The van der Waals surface area contributed by atoms with E-state index in [1.54, 1.807) is 11.3 Å². The Bertz CT molecular complexity index is 883. The van der Waals surface area contributed by atoms with E-state index < -0.39 is 0 Å². The molecule has 24 heavy (non-hydrogen) atoms. The third kappa shape index (κ3) is 2.60. The van der Waals surface area contributed by atoms with E-state index >= 15 is 0 Å². The van der Waals surface area contributed by atoms with Crippen molar-refractivity contribution in [3.05, 3.63) is 46.9 Å². The number of thiophene rings is 1. The zero-order valence-corrected chi connectivity index (χ0v) is 14.5. The Morgan fingerprint density at radius 3 is 3.04 bits per heavy atom. The van der Waals surface area contributed by atoms with Crippen LogP contribution in [-0.4, -0.2) is 27.5 Å². The van der Waals surface area contributed by atoms with E-state index in [-0.39, 0.29) is 17.9 Å². The fourth-order valence-electron chi connectivity index (χ4n) is 3.15. The van der Waals surface area contributed by atoms with Crippen molar-refractivity contribution in [3.63, 3.8) is 0 Å². The molecule has 1 aliphatic heterocycles. The maximum atomic E-state index is 13.0. The lowest BCUT2D eigenvalue weighted by Crippen LogP contribution is -2.30. The van der Waals surface area contributed by atoms with Crippen LogP contribution in [0.5, 0.6) is 0 Å². The molecular formula is C18H19N3O2S. The number of carbonyl (C=O) groups is 1. The molecule has 4 rings (SSSR count). The zero-order valence-electron chi connectivity index (χ0n) is 13.7. The number of hydrogen-bond donors (Lipinski definition) is 0. The summed E-state index contributed by atoms with van der Waals surface area (Å²) < 4.78 is 6.63. The summed E-state index contributed by atoms with van der Waals surface area (Å²) in [6.45, 7) is 4.79. The Hall–Kier alpha value is -2.21. The number of aromatic nitrogens is 2. The molecule has 0 radical (unpaired) electrons. The van der Waals surface area contributed by atoms with Crippen molar-refractivity contribution in [2.45, 2.75) is 38.6 Å². The Morgan fingerprint density at radius 2 is 2.25 bits per heavy atom. The summed E-state index contributed by atoms with van der Waals surface area (Å²) in [6.07, 6.45) is 1.82. The number of hydrogen-bond acceptors (Lipinski definition) is 5. The highest BCUT2D eigenvalue weighted by molar-refractivity contribution is 7.17. The summed E-state index contributed by atoms with van der Waals surface area (Å²) in [5.41, 5.74) is 0.719. The molecule has 3 aromatic rings. The molecule has 1 fully saturated rings. The molecular weight excluding hydrogens is 322 g/mol. The monoisotopic (exact) mass is 341 g/mol. The van der Waals surface area contributed by atoms with Crippen LogP contribution >= 0.6 is 11.3 Å². The number of likely N-dealkylation sites (tertiary alicyclic amines) is 1. The Labute approximate surface area is 144 Å². The van der Waals surface area contributed by atoms with Gasteiger partial charge in [0.15, 0.2) is 5.82 Å². The molecule has 0 spiro atoms. The van der Waals surface area contributed by atoms with Crippen molar-refractivity contribution in [2.75, 3.05) is 6.54 Å². The average Bonchev–Trinajstić information content (AvgIpc) is 3.31. The standard InChI is InChI=1S/C18H19N3O2S/c1-11(2)16-19-17(23-20-16)14-4-3-8-21(14)18(22)13-5-6-15-12(10-13)7-9-24-15/h5-7,9-11,14H,3-4,8H2,1-2H3. The number of rotatable bonds is 3. The van der Waals surface area contributed by atoms with E-state index in [4.69, 9.17) is 4.52 Å². The van der Waals surface area contributed by atoms with E-state index in [0.717, 1.165) is 30.3 Å². The smallest absolute Gasteiger partial charge is 0.254 e. The zero-order chi connectivity index (χ0) is 16.7. The predicted octanol–water partition coefficient (Wildman–Crippen LogP) is 4.39. The molecule has 3 heterocycles. The van der Waals surface area contributed by atoms with Crippen LogP contribution in [0.15, 0.2) is 34.2 Å². The minimum absolute atomic E-state index is 0.0369. The van der Waals surface area contributed by atoms with Crippen molar-refractivity contribution in [3.8, 4) is 0 Å². The number of fused-ring (bicyclic) bond motifs is 1. The molecule has 5 nitrogen and oxygen atoms in total. The average molecular weight is 341 g/mol. The number of nitrogens with zero attached hydrogens (tertiary/aromatic N) is 3. The summed E-state index contributed by atoms with van der Waals surface area (Å²) >= 11 is 1.68. The first kappa shape index (κ1) is 15.3. The third-order valence-electron chi connectivity index (χ3n) is 4.47. The molecule has 6 heteroatoms. The van der Waals surface area contributed by atoms with Crippen LogP contribution in [0.1, 0.15) is 60.7 Å². The summed E-state index contributed by atoms with van der Waals surface area (Å²) in [4.78, 5) is 19.3. The second-order valence-electron chi connectivity index (χ2n) is 6.48. The normalized spacial score (nSPS) is 18.0. The van der Waals surface area contributed by atoms with Crippen LogP contribution in [0.3, 0.4) is 0 Å². The van der Waals surface area contributed by atoms with Gasteiger partial charge in [0, 0.05) is 22.7 Å². The molecule has 0 aliphatic carbocycles. The molecule has 0 saturated carbocycles. The van der Waals surface area contributed by atoms with Gasteiger partial charge < -0.3 is 9.42 Å². The van der Waals surface area contributed by atoms with Crippen molar-refractivity contribution in [1.29, 1.82) is 0 Å². The first-order valence-corrected chi connectivity index (χ1v) is 9.13. The molecule has 1 saturated heterocycles. The van der Waals surface area contributed by atoms with E-state index in [1.165, 1.54) is 4.70 Å². The fourth-order valence-corrected chi connectivity index (χ4v) is 3.92. The molecule has 1 aliphatic rings. The lowest BCUT2D eigenvalue weighted by atomic mass is 10.1. The molecule has 1 atom stereocenters. The molecule has 0 N–H and O–H groups in total. The number of benzene rings is 1. The minimum atomic E-state index is -0.115. The highest BCUT2D eigenvalue weighted by Gasteiger charge is 2.34. The second-order valence-corrected chi connectivity index (χ2v) is 7.42. The van der Waals surface area contributed by atoms with Crippen molar-refractivity contribution in [1.82, 2.24) is 15.0 Å². The quantitative estimate of drug-likeness (QED) is 0.709. The van der Waals surface area contributed by atoms with Gasteiger partial charge in [-0.05, 0) is 47.9 Å². The Morgan fingerprint density at radius 1 is 1.38 bits per heavy atom. The predicted molar refractivity (Wildman–Crippen MR) is 93.2 cm³/mol. The first-order valence-electron chi connectivity index (χ1n) is 8.25. The summed E-state index contributed by atoms with van der Waals surface area (Å²) in [7, 11) is 0. The van der Waals surface area contributed by atoms with Crippen LogP contribution < -0.4 is 0 Å². The molecule has 1 aromatic carbocycles. The maximum Gasteiger partial charge on any atom is 0.254 e. The van der Waals surface area contributed by atoms with Gasteiger partial charge >= 0.3 is 0 Å². The van der Waals surface area contributed by atoms with Gasteiger partial charge in [-0.25, -0.2) is 0 Å². The molecule has 0 bridgehead atoms. The minimum Gasteiger partial charge on any atom is -0.337 e. The third-order valence-corrected chi connectivity index (χ3v) is 5.37. The number of carbonyl (C=O) groups excluding carboxylic acids is 1. The van der Waals surface area contributed by atoms with Crippen LogP contribution in [0.2, 0.25) is 0 Å². The fraction of sp³-hybridized carbons (Fsp3) is 0.389. The van der Waals surface area contributed by atoms with E-state index in [2.05, 4.69) is 10.1 Å². The van der Waals surface area contributed by atoms with Crippen LogP contribution in [0.25, 0.3) is 10.1 Å². The van der Waals surface area contributed by atoms with Gasteiger partial charge in [0.1, 0.15) is 6.04 Å². The van der Waals surface area contributed by atoms with Crippen LogP contribution in [0.4, 0.5) is 0 Å². The van der Waals surface area contributed by atoms with Crippen molar-refractivity contribution < 1.29 is 9.32 Å². The molecule has 1 unspecified atom stereocenters. The van der Waals surface area contributed by atoms with Crippen LogP contribution in [0, 0.1) is 0 Å². The largest absolute Gasteiger partial charge is 0.337 e. The van der Waals surface area contributed by atoms with Gasteiger partial charge in [-0.1, -0.05) is 19.0 Å². The SMILES string of the molecule is CC(C)c1noc(C2CCCN2C(=O)c2ccc3sccc3c2)n1. The molecule has 2 aromatic heterocycles. The maximum absolute atomic E-state index is 13.0. The van der Waals surface area contributed by atoms with E-state index in [1.807, 2.05) is 48.4 Å². The molecule has 1 amide bonds. The summed E-state index contributed by atoms with van der Waals surface area (Å²) in [5, 5.41) is 7.20. The highest BCUT2D eigenvalue weighted by Crippen LogP contribution is 2.33. The van der Waals surface area contributed by atoms with Gasteiger partial charge in [-0.2, -0.15) is 4.98 Å². The van der Waals surface area contributed by atoms with E-state index in [0.29, 0.717) is 11.7 Å². The van der Waals surface area contributed by atoms with Gasteiger partial charge in [0.05, 0.1) is 0 Å². The first-order chi connectivity index (χ1) is 11.6. The Balaban J connectivity index is 1.62. The summed E-state index contributed by atoms with van der Waals surface area (Å²) in [5.74, 6) is 1.51. The topological polar surface area (TPSA) is 59.2 Å². The van der Waals surface area contributed by atoms with Gasteiger partial charge in [0.25, 0.3) is 5.91 Å². The lowest BCUT2D eigenvalue weighted by molar-refractivity contribution is 0.0710. The van der Waals surface area contributed by atoms with Gasteiger partial charge in [0.2, 0.25) is 5.89 Å². The van der Waals surface area contributed by atoms with Gasteiger partial charge in [-0.3, -0.25) is 4.79 Å².